The molecule has 1 aliphatic heterocycles. The van der Waals surface area contributed by atoms with Gasteiger partial charge < -0.3 is 10.6 Å². The van der Waals surface area contributed by atoms with Crippen molar-refractivity contribution in [2.24, 2.45) is 5.73 Å². The Hall–Kier alpha value is -1.13. The maximum absolute atomic E-state index is 13.4. The first-order valence-corrected chi connectivity index (χ1v) is 7.03. The molecule has 2 N–H and O–H groups in total. The van der Waals surface area contributed by atoms with Gasteiger partial charge in [-0.2, -0.15) is 0 Å². The molecule has 0 amide bonds. The number of rotatable bonds is 3. The summed E-state index contributed by atoms with van der Waals surface area (Å²) in [7, 11) is 2.17. The van der Waals surface area contributed by atoms with Crippen molar-refractivity contribution in [3.63, 3.8) is 0 Å². The van der Waals surface area contributed by atoms with Crippen molar-refractivity contribution in [3.05, 3.63) is 29.6 Å². The summed E-state index contributed by atoms with van der Waals surface area (Å²) in [6.45, 7) is 7.11. The summed E-state index contributed by atoms with van der Waals surface area (Å²) in [6, 6.07) is 5.37. The molecule has 106 valence electrons. The summed E-state index contributed by atoms with van der Waals surface area (Å²) < 4.78 is 13.4. The monoisotopic (exact) mass is 265 g/mol. The Morgan fingerprint density at radius 3 is 2.79 bits per heavy atom. The van der Waals surface area contributed by atoms with Crippen molar-refractivity contribution in [3.8, 4) is 0 Å². The lowest BCUT2D eigenvalue weighted by molar-refractivity contribution is 0.213. The summed E-state index contributed by atoms with van der Waals surface area (Å²) in [4.78, 5) is 4.73. The van der Waals surface area contributed by atoms with Crippen molar-refractivity contribution in [1.82, 2.24) is 4.90 Å². The van der Waals surface area contributed by atoms with Gasteiger partial charge >= 0.3 is 0 Å². The largest absolute Gasteiger partial charge is 0.368 e. The van der Waals surface area contributed by atoms with E-state index in [0.29, 0.717) is 6.04 Å². The van der Waals surface area contributed by atoms with Gasteiger partial charge in [0.2, 0.25) is 0 Å². The zero-order valence-electron chi connectivity index (χ0n) is 12.1. The number of hydrogen-bond donors (Lipinski definition) is 1. The smallest absolute Gasteiger partial charge is 0.123 e. The molecule has 1 aromatic carbocycles. The second kappa shape index (κ2) is 5.88. The van der Waals surface area contributed by atoms with Crippen molar-refractivity contribution >= 4 is 5.69 Å². The highest BCUT2D eigenvalue weighted by molar-refractivity contribution is 5.55. The zero-order valence-corrected chi connectivity index (χ0v) is 12.1. The number of benzene rings is 1. The number of nitrogens with zero attached hydrogens (tertiary/aromatic N) is 2. The fourth-order valence-electron chi connectivity index (χ4n) is 2.78. The summed E-state index contributed by atoms with van der Waals surface area (Å²) >= 11 is 0. The van der Waals surface area contributed by atoms with Crippen LogP contribution in [0, 0.1) is 5.82 Å². The van der Waals surface area contributed by atoms with Gasteiger partial charge in [-0.15, -0.1) is 0 Å². The average molecular weight is 265 g/mol. The van der Waals surface area contributed by atoms with E-state index in [2.05, 4.69) is 23.8 Å². The van der Waals surface area contributed by atoms with Crippen LogP contribution in [0.1, 0.15) is 31.9 Å². The fourth-order valence-corrected chi connectivity index (χ4v) is 2.78. The predicted octanol–water partition coefficient (Wildman–Crippen LogP) is 2.38. The van der Waals surface area contributed by atoms with Gasteiger partial charge in [0.15, 0.2) is 0 Å². The van der Waals surface area contributed by atoms with Crippen LogP contribution < -0.4 is 10.6 Å². The Morgan fingerprint density at radius 1 is 1.42 bits per heavy atom. The van der Waals surface area contributed by atoms with Crippen LogP contribution in [-0.4, -0.2) is 37.6 Å². The molecule has 0 spiro atoms. The van der Waals surface area contributed by atoms with Crippen LogP contribution in [-0.2, 0) is 0 Å². The lowest BCUT2D eigenvalue weighted by Gasteiger charge is -2.41. The molecule has 1 fully saturated rings. The molecule has 4 heteroatoms. The van der Waals surface area contributed by atoms with Gasteiger partial charge in [0.05, 0.1) is 0 Å². The van der Waals surface area contributed by atoms with Gasteiger partial charge in [0.25, 0.3) is 0 Å². The molecule has 19 heavy (non-hydrogen) atoms. The minimum atomic E-state index is -0.211. The molecule has 2 unspecified atom stereocenters. The van der Waals surface area contributed by atoms with E-state index in [9.17, 15) is 4.39 Å². The van der Waals surface area contributed by atoms with Crippen LogP contribution in [0.5, 0.6) is 0 Å². The zero-order chi connectivity index (χ0) is 14.0. The summed E-state index contributed by atoms with van der Waals surface area (Å²) in [5.74, 6) is -0.211. The molecule has 1 heterocycles. The number of hydrogen-bond acceptors (Lipinski definition) is 3. The van der Waals surface area contributed by atoms with Crippen molar-refractivity contribution < 1.29 is 4.39 Å². The molecule has 3 nitrogen and oxygen atoms in total. The van der Waals surface area contributed by atoms with E-state index in [1.54, 1.807) is 6.07 Å². The third-order valence-corrected chi connectivity index (χ3v) is 4.07. The summed E-state index contributed by atoms with van der Waals surface area (Å²) in [5, 5.41) is 0. The van der Waals surface area contributed by atoms with Gasteiger partial charge in [-0.3, -0.25) is 4.90 Å². The highest BCUT2D eigenvalue weighted by Crippen LogP contribution is 2.28. The van der Waals surface area contributed by atoms with Crippen LogP contribution in [0.4, 0.5) is 10.1 Å². The Labute approximate surface area is 115 Å². The molecule has 0 bridgehead atoms. The number of likely N-dealkylation sites (N-methyl/N-ethyl adjacent to an activating group) is 1. The van der Waals surface area contributed by atoms with E-state index in [1.165, 1.54) is 6.07 Å². The maximum atomic E-state index is 13.4. The third kappa shape index (κ3) is 3.07. The molecule has 0 aromatic heterocycles. The first-order valence-electron chi connectivity index (χ1n) is 7.03. The van der Waals surface area contributed by atoms with E-state index >= 15 is 0 Å². The van der Waals surface area contributed by atoms with E-state index in [0.717, 1.165) is 37.3 Å². The van der Waals surface area contributed by atoms with E-state index < -0.39 is 0 Å². The Morgan fingerprint density at radius 2 is 2.16 bits per heavy atom. The Kier molecular flexibility index (Phi) is 4.42. The minimum absolute atomic E-state index is 0.148. The van der Waals surface area contributed by atoms with E-state index in [1.807, 2.05) is 13.0 Å². The average Bonchev–Trinajstić information content (AvgIpc) is 2.39. The van der Waals surface area contributed by atoms with E-state index in [-0.39, 0.29) is 11.9 Å². The first-order chi connectivity index (χ1) is 9.02. The fraction of sp³-hybridized carbons (Fsp3) is 0.600. The summed E-state index contributed by atoms with van der Waals surface area (Å²) in [6.07, 6.45) is 1.13. The minimum Gasteiger partial charge on any atom is -0.368 e. The Balaban J connectivity index is 2.26. The molecule has 2 atom stereocenters. The van der Waals surface area contributed by atoms with Gasteiger partial charge in [0, 0.05) is 37.4 Å². The number of halogens is 1. The second-order valence-corrected chi connectivity index (χ2v) is 5.48. The van der Waals surface area contributed by atoms with Crippen LogP contribution in [0.25, 0.3) is 0 Å². The van der Waals surface area contributed by atoms with Crippen LogP contribution in [0.2, 0.25) is 0 Å². The quantitative estimate of drug-likeness (QED) is 0.910. The van der Waals surface area contributed by atoms with Crippen LogP contribution >= 0.6 is 0 Å². The van der Waals surface area contributed by atoms with Crippen LogP contribution in [0.3, 0.4) is 0 Å². The second-order valence-electron chi connectivity index (χ2n) is 5.48. The SMILES string of the molecule is CCC1CN(c2ccc(F)cc2C(C)N)CCN1C. The van der Waals surface area contributed by atoms with Crippen molar-refractivity contribution in [2.75, 3.05) is 31.6 Å². The lowest BCUT2D eigenvalue weighted by atomic mass is 10.0. The van der Waals surface area contributed by atoms with E-state index in [4.69, 9.17) is 5.73 Å². The highest BCUT2D eigenvalue weighted by atomic mass is 19.1. The molecule has 1 saturated heterocycles. The Bertz CT molecular complexity index is 433. The third-order valence-electron chi connectivity index (χ3n) is 4.07. The molecule has 1 aliphatic rings. The van der Waals surface area contributed by atoms with Crippen molar-refractivity contribution in [1.29, 1.82) is 0 Å². The van der Waals surface area contributed by atoms with Gasteiger partial charge in [-0.1, -0.05) is 6.92 Å². The molecule has 1 aromatic rings. The van der Waals surface area contributed by atoms with Gasteiger partial charge in [-0.05, 0) is 44.2 Å². The molecular weight excluding hydrogens is 241 g/mol. The molecule has 2 rings (SSSR count). The van der Waals surface area contributed by atoms with Gasteiger partial charge in [-0.25, -0.2) is 4.39 Å². The molecular formula is C15H24FN3. The number of anilines is 1. The highest BCUT2D eigenvalue weighted by Gasteiger charge is 2.25. The molecule has 0 saturated carbocycles. The predicted molar refractivity (Wildman–Crippen MR) is 77.9 cm³/mol. The maximum Gasteiger partial charge on any atom is 0.123 e. The first kappa shape index (κ1) is 14.3. The number of nitrogens with two attached hydrogens (primary N) is 1. The lowest BCUT2D eigenvalue weighted by Crippen LogP contribution is -2.51. The normalized spacial score (nSPS) is 22.6. The number of piperazine rings is 1. The standard InChI is InChI=1S/C15H24FN3/c1-4-13-10-19(8-7-18(13)3)15-6-5-12(16)9-14(15)11(2)17/h5-6,9,11,13H,4,7-8,10,17H2,1-3H3. The summed E-state index contributed by atoms with van der Waals surface area (Å²) in [5.41, 5.74) is 7.97. The molecule has 0 radical (unpaired) electrons. The van der Waals surface area contributed by atoms with Crippen molar-refractivity contribution in [2.45, 2.75) is 32.4 Å². The topological polar surface area (TPSA) is 32.5 Å². The molecule has 0 aliphatic carbocycles. The van der Waals surface area contributed by atoms with Gasteiger partial charge in [0.1, 0.15) is 5.82 Å². The van der Waals surface area contributed by atoms with Crippen LogP contribution in [0.15, 0.2) is 18.2 Å².